The smallest absolute Gasteiger partial charge is 0.104 e. The van der Waals surface area contributed by atoms with Crippen molar-refractivity contribution in [3.8, 4) is 0 Å². The van der Waals surface area contributed by atoms with Gasteiger partial charge in [0, 0.05) is 31.0 Å². The Bertz CT molecular complexity index is 554. The minimum Gasteiger partial charge on any atom is -0.389 e. The second-order valence-corrected chi connectivity index (χ2v) is 4.99. The number of rotatable bonds is 5. The number of nitrogens with two attached hydrogens (primary N) is 1. The minimum absolute atomic E-state index is 0.452. The lowest BCUT2D eigenvalue weighted by atomic mass is 10.1. The van der Waals surface area contributed by atoms with Gasteiger partial charge in [-0.1, -0.05) is 36.5 Å². The molecule has 2 N–H and O–H groups in total. The van der Waals surface area contributed by atoms with E-state index in [1.807, 2.05) is 42.7 Å². The summed E-state index contributed by atoms with van der Waals surface area (Å²) in [5.41, 5.74) is 9.10. The molecule has 0 bridgehead atoms. The Labute approximate surface area is 119 Å². The third kappa shape index (κ3) is 3.84. The van der Waals surface area contributed by atoms with Crippen LogP contribution in [0, 0.1) is 0 Å². The van der Waals surface area contributed by atoms with Crippen molar-refractivity contribution in [2.45, 2.75) is 13.1 Å². The zero-order valence-corrected chi connectivity index (χ0v) is 11.7. The molecule has 1 heterocycles. The van der Waals surface area contributed by atoms with Crippen LogP contribution in [0.3, 0.4) is 0 Å². The highest BCUT2D eigenvalue weighted by Crippen LogP contribution is 2.12. The van der Waals surface area contributed by atoms with E-state index in [9.17, 15) is 0 Å². The maximum atomic E-state index is 5.75. The molecule has 19 heavy (non-hydrogen) atoms. The molecule has 0 spiro atoms. The Morgan fingerprint density at radius 3 is 2.53 bits per heavy atom. The Morgan fingerprint density at radius 2 is 1.84 bits per heavy atom. The van der Waals surface area contributed by atoms with Gasteiger partial charge in [-0.25, -0.2) is 0 Å². The van der Waals surface area contributed by atoms with Crippen LogP contribution in [0.25, 0.3) is 0 Å². The van der Waals surface area contributed by atoms with Crippen molar-refractivity contribution in [2.24, 2.45) is 5.73 Å². The molecule has 2 aromatic rings. The van der Waals surface area contributed by atoms with Crippen LogP contribution in [0.5, 0.6) is 0 Å². The van der Waals surface area contributed by atoms with Crippen LogP contribution in [0.15, 0.2) is 48.8 Å². The Balaban J connectivity index is 2.07. The molecular formula is C15H17N3S. The van der Waals surface area contributed by atoms with E-state index in [0.29, 0.717) is 4.99 Å². The minimum atomic E-state index is 0.452. The molecule has 1 aromatic carbocycles. The van der Waals surface area contributed by atoms with Crippen molar-refractivity contribution >= 4 is 17.2 Å². The summed E-state index contributed by atoms with van der Waals surface area (Å²) in [5.74, 6) is 0. The molecule has 0 saturated heterocycles. The molecule has 0 unspecified atom stereocenters. The topological polar surface area (TPSA) is 42.2 Å². The summed E-state index contributed by atoms with van der Waals surface area (Å²) in [6.07, 6.45) is 3.62. The highest BCUT2D eigenvalue weighted by molar-refractivity contribution is 7.80. The number of pyridine rings is 1. The standard InChI is InChI=1S/C15H17N3S/c1-18(10-12-6-8-17-9-7-12)11-13-4-2-3-5-14(13)15(16)19/h2-9H,10-11H2,1H3,(H2,16,19). The van der Waals surface area contributed by atoms with E-state index in [0.717, 1.165) is 24.2 Å². The van der Waals surface area contributed by atoms with E-state index in [-0.39, 0.29) is 0 Å². The van der Waals surface area contributed by atoms with Gasteiger partial charge in [-0.2, -0.15) is 0 Å². The van der Waals surface area contributed by atoms with Gasteiger partial charge < -0.3 is 5.73 Å². The van der Waals surface area contributed by atoms with Crippen LogP contribution in [0.2, 0.25) is 0 Å². The second kappa shape index (κ2) is 6.41. The summed E-state index contributed by atoms with van der Waals surface area (Å²) >= 11 is 5.08. The van der Waals surface area contributed by atoms with Gasteiger partial charge in [-0.05, 0) is 30.3 Å². The molecule has 0 atom stereocenters. The van der Waals surface area contributed by atoms with Crippen LogP contribution >= 0.6 is 12.2 Å². The quantitative estimate of drug-likeness (QED) is 0.848. The van der Waals surface area contributed by atoms with Crippen LogP contribution in [-0.2, 0) is 13.1 Å². The van der Waals surface area contributed by atoms with Crippen molar-refractivity contribution < 1.29 is 0 Å². The Morgan fingerprint density at radius 1 is 1.16 bits per heavy atom. The number of hydrogen-bond acceptors (Lipinski definition) is 3. The fourth-order valence-corrected chi connectivity index (χ4v) is 2.24. The summed E-state index contributed by atoms with van der Waals surface area (Å²) in [6.45, 7) is 1.68. The van der Waals surface area contributed by atoms with Gasteiger partial charge in [0.25, 0.3) is 0 Å². The van der Waals surface area contributed by atoms with Crippen LogP contribution in [0.1, 0.15) is 16.7 Å². The van der Waals surface area contributed by atoms with Gasteiger partial charge >= 0.3 is 0 Å². The predicted octanol–water partition coefficient (Wildman–Crippen LogP) is 2.35. The van der Waals surface area contributed by atoms with Gasteiger partial charge in [0.15, 0.2) is 0 Å². The molecule has 3 nitrogen and oxygen atoms in total. The van der Waals surface area contributed by atoms with Gasteiger partial charge in [0.1, 0.15) is 4.99 Å². The van der Waals surface area contributed by atoms with E-state index in [1.54, 1.807) is 0 Å². The fourth-order valence-electron chi connectivity index (χ4n) is 2.05. The maximum absolute atomic E-state index is 5.75. The number of hydrogen-bond donors (Lipinski definition) is 1. The monoisotopic (exact) mass is 271 g/mol. The van der Waals surface area contributed by atoms with E-state index in [2.05, 4.69) is 23.0 Å². The zero-order valence-electron chi connectivity index (χ0n) is 10.9. The Kier molecular flexibility index (Phi) is 4.60. The van der Waals surface area contributed by atoms with E-state index in [4.69, 9.17) is 18.0 Å². The molecule has 0 fully saturated rings. The average Bonchev–Trinajstić information content (AvgIpc) is 2.40. The summed E-state index contributed by atoms with van der Waals surface area (Å²) in [5, 5.41) is 0. The largest absolute Gasteiger partial charge is 0.389 e. The van der Waals surface area contributed by atoms with Gasteiger partial charge in [0.2, 0.25) is 0 Å². The highest BCUT2D eigenvalue weighted by atomic mass is 32.1. The van der Waals surface area contributed by atoms with Crippen molar-refractivity contribution in [3.63, 3.8) is 0 Å². The normalized spacial score (nSPS) is 10.6. The van der Waals surface area contributed by atoms with Crippen molar-refractivity contribution in [2.75, 3.05) is 7.05 Å². The number of thiocarbonyl (C=S) groups is 1. The van der Waals surface area contributed by atoms with E-state index >= 15 is 0 Å². The lowest BCUT2D eigenvalue weighted by molar-refractivity contribution is 0.319. The van der Waals surface area contributed by atoms with Crippen LogP contribution in [0.4, 0.5) is 0 Å². The first-order valence-corrected chi connectivity index (χ1v) is 6.53. The molecule has 2 rings (SSSR count). The van der Waals surface area contributed by atoms with Gasteiger partial charge in [-0.15, -0.1) is 0 Å². The zero-order chi connectivity index (χ0) is 13.7. The number of nitrogens with zero attached hydrogens (tertiary/aromatic N) is 2. The molecule has 0 aliphatic rings. The first-order valence-electron chi connectivity index (χ1n) is 6.12. The molecule has 0 saturated carbocycles. The van der Waals surface area contributed by atoms with E-state index < -0.39 is 0 Å². The Hall–Kier alpha value is -1.78. The maximum Gasteiger partial charge on any atom is 0.104 e. The summed E-state index contributed by atoms with van der Waals surface area (Å²) in [4.78, 5) is 6.70. The molecule has 0 aliphatic heterocycles. The molecule has 0 amide bonds. The molecular weight excluding hydrogens is 254 g/mol. The second-order valence-electron chi connectivity index (χ2n) is 4.55. The number of benzene rings is 1. The molecule has 4 heteroatoms. The van der Waals surface area contributed by atoms with Crippen LogP contribution in [-0.4, -0.2) is 21.9 Å². The predicted molar refractivity (Wildman–Crippen MR) is 81.7 cm³/mol. The third-order valence-corrected chi connectivity index (χ3v) is 3.14. The lowest BCUT2D eigenvalue weighted by Gasteiger charge is -2.18. The highest BCUT2D eigenvalue weighted by Gasteiger charge is 2.07. The summed E-state index contributed by atoms with van der Waals surface area (Å²) in [6, 6.07) is 12.1. The first kappa shape index (κ1) is 13.6. The van der Waals surface area contributed by atoms with Crippen molar-refractivity contribution in [1.29, 1.82) is 0 Å². The summed E-state index contributed by atoms with van der Waals surface area (Å²) < 4.78 is 0. The first-order chi connectivity index (χ1) is 9.16. The number of aromatic nitrogens is 1. The van der Waals surface area contributed by atoms with Gasteiger partial charge in [0.05, 0.1) is 0 Å². The fraction of sp³-hybridized carbons (Fsp3) is 0.200. The van der Waals surface area contributed by atoms with Gasteiger partial charge in [-0.3, -0.25) is 9.88 Å². The summed E-state index contributed by atoms with van der Waals surface area (Å²) in [7, 11) is 2.08. The SMILES string of the molecule is CN(Cc1ccncc1)Cc1ccccc1C(N)=S. The average molecular weight is 271 g/mol. The molecule has 0 radical (unpaired) electrons. The molecule has 0 aliphatic carbocycles. The van der Waals surface area contributed by atoms with Crippen molar-refractivity contribution in [1.82, 2.24) is 9.88 Å². The van der Waals surface area contributed by atoms with Crippen molar-refractivity contribution in [3.05, 3.63) is 65.5 Å². The third-order valence-electron chi connectivity index (χ3n) is 2.92. The molecule has 1 aromatic heterocycles. The lowest BCUT2D eigenvalue weighted by Crippen LogP contribution is -2.20. The van der Waals surface area contributed by atoms with Crippen LogP contribution < -0.4 is 5.73 Å². The molecule has 98 valence electrons. The van der Waals surface area contributed by atoms with E-state index in [1.165, 1.54) is 5.56 Å².